The standard InChI is InChI=1S/C27H44O5/c1-16(6-5-11-27(4,32)24(30)31)19-7-8-20-23-21(10-13-26(19,20)3)25(2)12-9-18(28)14-17(25)15-22(23)29/h15-16,18-23,28-29,32H,5-14H2,1-4H3,(H,30,31)/t16-,18+,19-,20+,21+,22-,23+,25+,26-,27?/m1/s1. The predicted octanol–water partition coefficient (Wildman–Crippen LogP) is 4.54. The number of rotatable bonds is 6. The van der Waals surface area contributed by atoms with Crippen LogP contribution in [0.4, 0.5) is 0 Å². The van der Waals surface area contributed by atoms with Gasteiger partial charge in [-0.1, -0.05) is 38.8 Å². The van der Waals surface area contributed by atoms with Crippen LogP contribution < -0.4 is 0 Å². The fraction of sp³-hybridized carbons (Fsp3) is 0.889. The van der Waals surface area contributed by atoms with Crippen LogP contribution in [0.3, 0.4) is 0 Å². The van der Waals surface area contributed by atoms with Crippen molar-refractivity contribution in [1.29, 1.82) is 0 Å². The highest BCUT2D eigenvalue weighted by molar-refractivity contribution is 5.76. The van der Waals surface area contributed by atoms with Gasteiger partial charge in [0.15, 0.2) is 5.60 Å². The molecule has 4 aliphatic carbocycles. The van der Waals surface area contributed by atoms with Crippen molar-refractivity contribution < 1.29 is 25.2 Å². The molecule has 0 bridgehead atoms. The van der Waals surface area contributed by atoms with Gasteiger partial charge in [0.1, 0.15) is 0 Å². The number of carbonyl (C=O) groups is 1. The van der Waals surface area contributed by atoms with Gasteiger partial charge in [0.25, 0.3) is 0 Å². The van der Waals surface area contributed by atoms with Crippen molar-refractivity contribution in [2.75, 3.05) is 0 Å². The number of hydrogen-bond donors (Lipinski definition) is 4. The molecule has 0 amide bonds. The molecule has 0 radical (unpaired) electrons. The minimum Gasteiger partial charge on any atom is -0.479 e. The van der Waals surface area contributed by atoms with E-state index < -0.39 is 17.7 Å². The molecule has 0 spiro atoms. The Bertz CT molecular complexity index is 759. The Morgan fingerprint density at radius 2 is 1.88 bits per heavy atom. The van der Waals surface area contributed by atoms with E-state index >= 15 is 0 Å². The van der Waals surface area contributed by atoms with Crippen molar-refractivity contribution in [3.8, 4) is 0 Å². The van der Waals surface area contributed by atoms with E-state index in [0.29, 0.717) is 36.0 Å². The van der Waals surface area contributed by atoms with E-state index in [0.717, 1.165) is 38.5 Å². The normalized spacial score (nSPS) is 46.3. The highest BCUT2D eigenvalue weighted by atomic mass is 16.4. The van der Waals surface area contributed by atoms with Gasteiger partial charge < -0.3 is 20.4 Å². The van der Waals surface area contributed by atoms with Crippen LogP contribution in [0.15, 0.2) is 11.6 Å². The predicted molar refractivity (Wildman–Crippen MR) is 124 cm³/mol. The highest BCUT2D eigenvalue weighted by Crippen LogP contribution is 2.67. The van der Waals surface area contributed by atoms with E-state index in [-0.39, 0.29) is 16.9 Å². The first-order chi connectivity index (χ1) is 14.9. The molecule has 1 unspecified atom stereocenters. The highest BCUT2D eigenvalue weighted by Gasteiger charge is 2.61. The van der Waals surface area contributed by atoms with Gasteiger partial charge in [-0.3, -0.25) is 0 Å². The van der Waals surface area contributed by atoms with Gasteiger partial charge in [-0.15, -0.1) is 0 Å². The largest absolute Gasteiger partial charge is 0.479 e. The zero-order valence-electron chi connectivity index (χ0n) is 20.4. The Morgan fingerprint density at radius 3 is 2.56 bits per heavy atom. The molecule has 0 aliphatic heterocycles. The fourth-order valence-electron chi connectivity index (χ4n) is 8.68. The summed E-state index contributed by atoms with van der Waals surface area (Å²) in [5.74, 6) is 1.26. The average Bonchev–Trinajstić information content (AvgIpc) is 3.06. The summed E-state index contributed by atoms with van der Waals surface area (Å²) in [6.07, 6.45) is 10.7. The van der Waals surface area contributed by atoms with E-state index in [9.17, 15) is 25.2 Å². The molecule has 3 saturated carbocycles. The minimum atomic E-state index is -1.64. The molecule has 0 heterocycles. The molecule has 5 heteroatoms. The molecule has 182 valence electrons. The van der Waals surface area contributed by atoms with Crippen molar-refractivity contribution in [3.05, 3.63) is 11.6 Å². The molecule has 4 rings (SSSR count). The van der Waals surface area contributed by atoms with Crippen LogP contribution in [0.2, 0.25) is 0 Å². The zero-order chi connectivity index (χ0) is 23.5. The smallest absolute Gasteiger partial charge is 0.335 e. The van der Waals surface area contributed by atoms with Crippen LogP contribution in [-0.4, -0.2) is 44.2 Å². The maximum Gasteiger partial charge on any atom is 0.335 e. The minimum absolute atomic E-state index is 0.122. The topological polar surface area (TPSA) is 98.0 Å². The van der Waals surface area contributed by atoms with E-state index in [1.807, 2.05) is 0 Å². The summed E-state index contributed by atoms with van der Waals surface area (Å²) in [7, 11) is 0. The van der Waals surface area contributed by atoms with E-state index in [1.165, 1.54) is 31.8 Å². The second-order valence-electron chi connectivity index (χ2n) is 12.5. The second-order valence-corrected chi connectivity index (χ2v) is 12.5. The lowest BCUT2D eigenvalue weighted by Crippen LogP contribution is -2.54. The second kappa shape index (κ2) is 8.39. The molecule has 0 aromatic carbocycles. The van der Waals surface area contributed by atoms with Crippen molar-refractivity contribution in [2.45, 2.75) is 110 Å². The van der Waals surface area contributed by atoms with Gasteiger partial charge in [-0.05, 0) is 105 Å². The van der Waals surface area contributed by atoms with Crippen molar-refractivity contribution >= 4 is 5.97 Å². The molecule has 32 heavy (non-hydrogen) atoms. The van der Waals surface area contributed by atoms with E-state index in [2.05, 4.69) is 26.8 Å². The Labute approximate surface area is 193 Å². The number of aliphatic hydroxyl groups excluding tert-OH is 2. The van der Waals surface area contributed by atoms with Crippen LogP contribution in [0.25, 0.3) is 0 Å². The summed E-state index contributed by atoms with van der Waals surface area (Å²) in [6.45, 7) is 8.54. The third kappa shape index (κ3) is 3.86. The maximum atomic E-state index is 11.3. The van der Waals surface area contributed by atoms with Crippen LogP contribution in [0.5, 0.6) is 0 Å². The van der Waals surface area contributed by atoms with Gasteiger partial charge in [-0.2, -0.15) is 0 Å². The first-order valence-electron chi connectivity index (χ1n) is 12.9. The molecule has 4 aliphatic rings. The van der Waals surface area contributed by atoms with Crippen LogP contribution in [-0.2, 0) is 4.79 Å². The Hall–Kier alpha value is -0.910. The number of carboxylic acid groups (broad SMARTS) is 1. The Balaban J connectivity index is 1.48. The van der Waals surface area contributed by atoms with Gasteiger partial charge in [0, 0.05) is 0 Å². The summed E-state index contributed by atoms with van der Waals surface area (Å²) < 4.78 is 0. The van der Waals surface area contributed by atoms with Crippen molar-refractivity contribution in [1.82, 2.24) is 0 Å². The molecule has 0 saturated heterocycles. The van der Waals surface area contributed by atoms with Crippen LogP contribution >= 0.6 is 0 Å². The third-order valence-electron chi connectivity index (χ3n) is 10.6. The number of aliphatic hydroxyl groups is 3. The van der Waals surface area contributed by atoms with Gasteiger partial charge in [0.05, 0.1) is 12.2 Å². The van der Waals surface area contributed by atoms with Gasteiger partial charge >= 0.3 is 5.97 Å². The first kappa shape index (κ1) is 24.2. The van der Waals surface area contributed by atoms with Gasteiger partial charge in [-0.25, -0.2) is 4.79 Å². The van der Waals surface area contributed by atoms with Crippen molar-refractivity contribution in [2.24, 2.45) is 40.4 Å². The van der Waals surface area contributed by atoms with Crippen LogP contribution in [0, 0.1) is 40.4 Å². The summed E-state index contributed by atoms with van der Waals surface area (Å²) in [5.41, 5.74) is -0.00956. The lowest BCUT2D eigenvalue weighted by Gasteiger charge is -2.59. The lowest BCUT2D eigenvalue weighted by atomic mass is 9.46. The molecule has 4 N–H and O–H groups in total. The fourth-order valence-corrected chi connectivity index (χ4v) is 8.68. The average molecular weight is 449 g/mol. The Morgan fingerprint density at radius 1 is 1.16 bits per heavy atom. The summed E-state index contributed by atoms with van der Waals surface area (Å²) in [4.78, 5) is 11.2. The molecule has 0 aromatic rings. The number of hydrogen-bond acceptors (Lipinski definition) is 4. The molecule has 0 aromatic heterocycles. The zero-order valence-corrected chi connectivity index (χ0v) is 20.4. The molecular formula is C27H44O5. The van der Waals surface area contributed by atoms with Crippen molar-refractivity contribution in [3.63, 3.8) is 0 Å². The molecule has 5 nitrogen and oxygen atoms in total. The maximum absolute atomic E-state index is 11.3. The van der Waals surface area contributed by atoms with Crippen LogP contribution in [0.1, 0.15) is 91.9 Å². The number of carboxylic acids is 1. The van der Waals surface area contributed by atoms with Gasteiger partial charge in [0.2, 0.25) is 0 Å². The molecule has 10 atom stereocenters. The quantitative estimate of drug-likeness (QED) is 0.447. The van der Waals surface area contributed by atoms with E-state index in [4.69, 9.17) is 0 Å². The molecular weight excluding hydrogens is 404 g/mol. The Kier molecular flexibility index (Phi) is 6.35. The third-order valence-corrected chi connectivity index (χ3v) is 10.6. The monoisotopic (exact) mass is 448 g/mol. The summed E-state index contributed by atoms with van der Waals surface area (Å²) in [6, 6.07) is 0. The number of aliphatic carboxylic acids is 1. The molecule has 3 fully saturated rings. The number of fused-ring (bicyclic) bond motifs is 5. The summed E-state index contributed by atoms with van der Waals surface area (Å²) >= 11 is 0. The summed E-state index contributed by atoms with van der Waals surface area (Å²) in [5, 5.41) is 40.7. The van der Waals surface area contributed by atoms with E-state index in [1.54, 1.807) is 0 Å². The lowest BCUT2D eigenvalue weighted by molar-refractivity contribution is -0.157. The SMILES string of the molecule is C[C@H](CCCC(C)(O)C(=O)O)[C@H]1CC[C@H]2[C@@H]3[C@H](O)C=C4C[C@@H](O)CC[C@]4(C)[C@H]3CC[C@]12C. The first-order valence-corrected chi connectivity index (χ1v) is 12.9.